The second kappa shape index (κ2) is 13.2. The van der Waals surface area contributed by atoms with Gasteiger partial charge in [-0.05, 0) is 75.3 Å². The zero-order valence-corrected chi connectivity index (χ0v) is 23.4. The molecule has 0 saturated heterocycles. The molecule has 1 fully saturated rings. The lowest BCUT2D eigenvalue weighted by molar-refractivity contribution is 0.134. The van der Waals surface area contributed by atoms with Crippen molar-refractivity contribution in [3.8, 4) is 11.4 Å². The van der Waals surface area contributed by atoms with Gasteiger partial charge in [-0.25, -0.2) is 19.9 Å². The third-order valence-corrected chi connectivity index (χ3v) is 7.96. The Morgan fingerprint density at radius 1 is 0.732 bits per heavy atom. The third kappa shape index (κ3) is 7.07. The molecule has 0 spiro atoms. The highest BCUT2D eigenvalue weighted by Gasteiger charge is 2.41. The molecule has 8 nitrogen and oxygen atoms in total. The number of aliphatic hydroxyl groups is 2. The first-order valence-electron chi connectivity index (χ1n) is 14.5. The molecule has 7 rings (SSSR count). The number of hydrogen-bond acceptors (Lipinski definition) is 8. The van der Waals surface area contributed by atoms with Crippen LogP contribution in [-0.4, -0.2) is 54.8 Å². The monoisotopic (exact) mass is 550 g/mol. The molecule has 2 heterocycles. The number of nitrogens with zero attached hydrogens (tertiary/aromatic N) is 4. The minimum Gasteiger partial charge on any atom is -0.396 e. The van der Waals surface area contributed by atoms with Crippen molar-refractivity contribution in [1.82, 2.24) is 19.9 Å². The lowest BCUT2D eigenvalue weighted by Gasteiger charge is -2.16. The van der Waals surface area contributed by atoms with Crippen LogP contribution in [0, 0.1) is 16.2 Å². The van der Waals surface area contributed by atoms with Crippen molar-refractivity contribution in [3.05, 3.63) is 89.3 Å². The standard InChI is InChI=1S/C14H15N3.C14H13N3.C5H10O2/c2*15-12-8-4-7-11-9-16-14(17-13(11)12)10-5-2-1-3-6-10;6-3-5(4-7)1-2-5/h2,5-6,9,15H,1,3-4,7-8H2;1-3,5-6,9,15H,4,7-8H2;6-7H,1-4H2. The summed E-state index contributed by atoms with van der Waals surface area (Å²) >= 11 is 0. The van der Waals surface area contributed by atoms with Crippen LogP contribution in [0.2, 0.25) is 0 Å². The minimum atomic E-state index is -0.0556. The molecule has 8 heteroatoms. The molecule has 41 heavy (non-hydrogen) atoms. The second-order valence-corrected chi connectivity index (χ2v) is 11.1. The fourth-order valence-corrected chi connectivity index (χ4v) is 5.04. The van der Waals surface area contributed by atoms with Gasteiger partial charge in [0.2, 0.25) is 0 Å². The SMILES string of the molecule is N=C1CCCc2cnc(-c3ccccc3)nc21.N=C1CCCc2cnc(C3=CCCC=C3)nc21.OCC1(CO)CC1. The molecule has 1 aromatic carbocycles. The lowest BCUT2D eigenvalue weighted by atomic mass is 9.95. The number of rotatable bonds is 4. The van der Waals surface area contributed by atoms with Crippen molar-refractivity contribution < 1.29 is 10.2 Å². The van der Waals surface area contributed by atoms with Gasteiger partial charge >= 0.3 is 0 Å². The van der Waals surface area contributed by atoms with E-state index in [-0.39, 0.29) is 18.6 Å². The average molecular weight is 551 g/mol. The number of benzene rings is 1. The zero-order valence-electron chi connectivity index (χ0n) is 23.4. The van der Waals surface area contributed by atoms with E-state index in [2.05, 4.69) is 38.2 Å². The molecule has 0 atom stereocenters. The number of fused-ring (bicyclic) bond motifs is 2. The van der Waals surface area contributed by atoms with Crippen LogP contribution < -0.4 is 0 Å². The van der Waals surface area contributed by atoms with E-state index in [1.54, 1.807) is 0 Å². The van der Waals surface area contributed by atoms with Gasteiger partial charge in [-0.3, -0.25) is 0 Å². The van der Waals surface area contributed by atoms with E-state index < -0.39 is 0 Å². The van der Waals surface area contributed by atoms with Gasteiger partial charge < -0.3 is 21.0 Å². The molecule has 212 valence electrons. The number of aryl methyl sites for hydroxylation is 2. The molecule has 0 bridgehead atoms. The molecule has 4 N–H and O–H groups in total. The topological polar surface area (TPSA) is 140 Å². The fourth-order valence-electron chi connectivity index (χ4n) is 5.04. The van der Waals surface area contributed by atoms with Gasteiger partial charge in [0, 0.05) is 28.9 Å². The van der Waals surface area contributed by atoms with Gasteiger partial charge in [-0.1, -0.05) is 48.6 Å². The zero-order chi connectivity index (χ0) is 28.7. The van der Waals surface area contributed by atoms with Crippen molar-refractivity contribution in [2.24, 2.45) is 5.41 Å². The maximum atomic E-state index is 8.50. The van der Waals surface area contributed by atoms with Crippen molar-refractivity contribution in [1.29, 1.82) is 10.8 Å². The highest BCUT2D eigenvalue weighted by molar-refractivity contribution is 5.99. The molecular formula is C33H38N6O2. The number of nitrogens with one attached hydrogen (secondary N) is 2. The van der Waals surface area contributed by atoms with Crippen LogP contribution >= 0.6 is 0 Å². The molecule has 0 radical (unpaired) electrons. The summed E-state index contributed by atoms with van der Waals surface area (Å²) in [5, 5.41) is 32.9. The van der Waals surface area contributed by atoms with Crippen molar-refractivity contribution in [2.45, 2.75) is 64.2 Å². The maximum Gasteiger partial charge on any atom is 0.159 e. The van der Waals surface area contributed by atoms with Crippen LogP contribution in [0.1, 0.15) is 79.7 Å². The van der Waals surface area contributed by atoms with Gasteiger partial charge in [0.15, 0.2) is 11.6 Å². The van der Waals surface area contributed by atoms with Gasteiger partial charge in [-0.2, -0.15) is 0 Å². The van der Waals surface area contributed by atoms with Gasteiger partial charge in [-0.15, -0.1) is 0 Å². The summed E-state index contributed by atoms with van der Waals surface area (Å²) < 4.78 is 0. The van der Waals surface area contributed by atoms with E-state index >= 15 is 0 Å². The van der Waals surface area contributed by atoms with Crippen LogP contribution in [0.4, 0.5) is 0 Å². The number of aromatic nitrogens is 4. The van der Waals surface area contributed by atoms with E-state index in [9.17, 15) is 0 Å². The second-order valence-electron chi connectivity index (χ2n) is 11.1. The van der Waals surface area contributed by atoms with E-state index in [4.69, 9.17) is 21.0 Å². The Morgan fingerprint density at radius 2 is 1.32 bits per heavy atom. The normalized spacial score (nSPS) is 18.0. The first kappa shape index (κ1) is 28.6. The number of aliphatic hydroxyl groups excluding tert-OH is 2. The molecule has 2 aromatic heterocycles. The number of allylic oxidation sites excluding steroid dienone is 4. The van der Waals surface area contributed by atoms with Gasteiger partial charge in [0.25, 0.3) is 0 Å². The molecule has 3 aromatic rings. The molecular weight excluding hydrogens is 512 g/mol. The van der Waals surface area contributed by atoms with Crippen LogP contribution in [0.15, 0.2) is 61.0 Å². The van der Waals surface area contributed by atoms with Crippen molar-refractivity contribution in [2.75, 3.05) is 13.2 Å². The highest BCUT2D eigenvalue weighted by Crippen LogP contribution is 2.44. The summed E-state index contributed by atoms with van der Waals surface area (Å²) in [7, 11) is 0. The Bertz CT molecular complexity index is 1450. The summed E-state index contributed by atoms with van der Waals surface area (Å²) in [4.78, 5) is 17.9. The molecule has 0 aliphatic heterocycles. The Balaban J connectivity index is 0.000000134. The first-order valence-corrected chi connectivity index (χ1v) is 14.5. The third-order valence-electron chi connectivity index (χ3n) is 7.96. The molecule has 0 amide bonds. The van der Waals surface area contributed by atoms with Gasteiger partial charge in [0.05, 0.1) is 36.0 Å². The Labute approximate surface area is 241 Å². The quantitative estimate of drug-likeness (QED) is 0.338. The first-order chi connectivity index (χ1) is 20.0. The predicted octanol–water partition coefficient (Wildman–Crippen LogP) is 5.51. The van der Waals surface area contributed by atoms with E-state index in [1.165, 1.54) is 0 Å². The lowest BCUT2D eigenvalue weighted by Crippen LogP contribution is -2.15. The van der Waals surface area contributed by atoms with E-state index in [0.29, 0.717) is 11.4 Å². The Kier molecular flexibility index (Phi) is 9.21. The summed E-state index contributed by atoms with van der Waals surface area (Å²) in [5.41, 5.74) is 7.30. The van der Waals surface area contributed by atoms with Crippen LogP contribution in [0.25, 0.3) is 17.0 Å². The van der Waals surface area contributed by atoms with Crippen LogP contribution in [-0.2, 0) is 12.8 Å². The van der Waals surface area contributed by atoms with Crippen molar-refractivity contribution >= 4 is 17.0 Å². The summed E-state index contributed by atoms with van der Waals surface area (Å²) in [6.45, 7) is 0.312. The highest BCUT2D eigenvalue weighted by atomic mass is 16.3. The summed E-state index contributed by atoms with van der Waals surface area (Å²) in [6.07, 6.45) is 20.1. The minimum absolute atomic E-state index is 0.0556. The van der Waals surface area contributed by atoms with E-state index in [1.807, 2.05) is 42.7 Å². The average Bonchev–Trinajstić information content (AvgIpc) is 3.84. The summed E-state index contributed by atoms with van der Waals surface area (Å²) in [5.74, 6) is 1.49. The van der Waals surface area contributed by atoms with Crippen LogP contribution in [0.5, 0.6) is 0 Å². The molecule has 1 saturated carbocycles. The van der Waals surface area contributed by atoms with E-state index in [0.717, 1.165) is 110 Å². The van der Waals surface area contributed by atoms with Crippen LogP contribution in [0.3, 0.4) is 0 Å². The fraction of sp³-hybridized carbons (Fsp3) is 0.394. The number of hydrogen-bond donors (Lipinski definition) is 4. The molecule has 4 aliphatic rings. The maximum absolute atomic E-state index is 8.50. The summed E-state index contributed by atoms with van der Waals surface area (Å²) in [6, 6.07) is 9.92. The Hall–Kier alpha value is -3.88. The van der Waals surface area contributed by atoms with Crippen molar-refractivity contribution in [3.63, 3.8) is 0 Å². The Morgan fingerprint density at radius 3 is 1.83 bits per heavy atom. The van der Waals surface area contributed by atoms with Gasteiger partial charge in [0.1, 0.15) is 0 Å². The predicted molar refractivity (Wildman–Crippen MR) is 161 cm³/mol. The molecule has 4 aliphatic carbocycles. The molecule has 0 unspecified atom stereocenters. The smallest absolute Gasteiger partial charge is 0.159 e. The largest absolute Gasteiger partial charge is 0.396 e.